The number of fused-ring (bicyclic) bond motifs is 1. The lowest BCUT2D eigenvalue weighted by Gasteiger charge is -2.00. The van der Waals surface area contributed by atoms with E-state index < -0.39 is 0 Å². The summed E-state index contributed by atoms with van der Waals surface area (Å²) in [6, 6.07) is 3.88. The van der Waals surface area contributed by atoms with E-state index in [4.69, 9.17) is 17.3 Å². The number of rotatable bonds is 2. The molecule has 2 N–H and O–H groups in total. The average Bonchev–Trinajstić information content (AvgIpc) is 2.47. The molecular formula is C11H14ClN3. The van der Waals surface area contributed by atoms with Crippen molar-refractivity contribution in [3.05, 3.63) is 28.5 Å². The molecular weight excluding hydrogens is 210 g/mol. The summed E-state index contributed by atoms with van der Waals surface area (Å²) in [5, 5.41) is 0.752. The Hall–Kier alpha value is -1.06. The van der Waals surface area contributed by atoms with Crippen molar-refractivity contribution < 1.29 is 0 Å². The fraction of sp³-hybridized carbons (Fsp3) is 0.364. The predicted molar refractivity (Wildman–Crippen MR) is 63.2 cm³/mol. The zero-order valence-corrected chi connectivity index (χ0v) is 9.67. The van der Waals surface area contributed by atoms with Gasteiger partial charge in [-0.1, -0.05) is 11.6 Å². The normalized spacial score (nSPS) is 11.2. The van der Waals surface area contributed by atoms with Crippen LogP contribution < -0.4 is 5.73 Å². The zero-order valence-electron chi connectivity index (χ0n) is 8.92. The van der Waals surface area contributed by atoms with Gasteiger partial charge in [0.05, 0.1) is 11.0 Å². The van der Waals surface area contributed by atoms with Crippen molar-refractivity contribution >= 4 is 22.6 Å². The first kappa shape index (κ1) is 10.5. The van der Waals surface area contributed by atoms with Crippen LogP contribution in [0.4, 0.5) is 0 Å². The molecule has 4 heteroatoms. The minimum absolute atomic E-state index is 0.615. The van der Waals surface area contributed by atoms with E-state index in [2.05, 4.69) is 9.55 Å². The smallest absolute Gasteiger partial charge is 0.110 e. The molecule has 0 bridgehead atoms. The highest BCUT2D eigenvalue weighted by Gasteiger charge is 2.09. The van der Waals surface area contributed by atoms with Gasteiger partial charge in [-0.25, -0.2) is 4.98 Å². The largest absolute Gasteiger partial charge is 0.331 e. The number of hydrogen-bond acceptors (Lipinski definition) is 2. The van der Waals surface area contributed by atoms with E-state index in [1.165, 1.54) is 0 Å². The van der Waals surface area contributed by atoms with Crippen molar-refractivity contribution in [3.8, 4) is 0 Å². The van der Waals surface area contributed by atoms with Gasteiger partial charge in [0.1, 0.15) is 5.82 Å². The summed E-state index contributed by atoms with van der Waals surface area (Å²) in [4.78, 5) is 4.57. The van der Waals surface area contributed by atoms with Crippen molar-refractivity contribution in [1.82, 2.24) is 9.55 Å². The molecule has 1 aromatic heterocycles. The lowest BCUT2D eigenvalue weighted by molar-refractivity contribution is 0.794. The topological polar surface area (TPSA) is 43.8 Å². The van der Waals surface area contributed by atoms with E-state index in [9.17, 15) is 0 Å². The van der Waals surface area contributed by atoms with E-state index in [1.54, 1.807) is 0 Å². The van der Waals surface area contributed by atoms with Crippen LogP contribution in [0.1, 0.15) is 11.4 Å². The van der Waals surface area contributed by atoms with Crippen LogP contribution in [0, 0.1) is 6.92 Å². The molecule has 3 nitrogen and oxygen atoms in total. The lowest BCUT2D eigenvalue weighted by Crippen LogP contribution is -2.07. The van der Waals surface area contributed by atoms with Gasteiger partial charge < -0.3 is 10.3 Å². The van der Waals surface area contributed by atoms with Crippen molar-refractivity contribution in [2.45, 2.75) is 13.3 Å². The molecule has 0 saturated carbocycles. The fourth-order valence-electron chi connectivity index (χ4n) is 1.81. The summed E-state index contributed by atoms with van der Waals surface area (Å²) in [5.41, 5.74) is 8.74. The molecule has 0 fully saturated rings. The van der Waals surface area contributed by atoms with Crippen molar-refractivity contribution in [2.75, 3.05) is 6.54 Å². The number of nitrogens with zero attached hydrogens (tertiary/aromatic N) is 2. The van der Waals surface area contributed by atoms with Crippen LogP contribution in [0.25, 0.3) is 11.0 Å². The quantitative estimate of drug-likeness (QED) is 0.847. The van der Waals surface area contributed by atoms with Gasteiger partial charge in [-0.05, 0) is 31.2 Å². The van der Waals surface area contributed by atoms with Crippen LogP contribution in [0.3, 0.4) is 0 Å². The number of aromatic nitrogens is 2. The fourth-order valence-corrected chi connectivity index (χ4v) is 2.08. The van der Waals surface area contributed by atoms with Crippen LogP contribution in [0.5, 0.6) is 0 Å². The van der Waals surface area contributed by atoms with Crippen molar-refractivity contribution in [1.29, 1.82) is 0 Å². The zero-order chi connectivity index (χ0) is 11.0. The molecule has 0 spiro atoms. The molecule has 0 aliphatic carbocycles. The third-order valence-electron chi connectivity index (χ3n) is 2.60. The van der Waals surface area contributed by atoms with Gasteiger partial charge in [-0.15, -0.1) is 0 Å². The van der Waals surface area contributed by atoms with Gasteiger partial charge in [0.2, 0.25) is 0 Å². The minimum atomic E-state index is 0.615. The molecule has 1 aromatic carbocycles. The number of nitrogens with two attached hydrogens (primary N) is 1. The second-order valence-electron chi connectivity index (χ2n) is 3.72. The van der Waals surface area contributed by atoms with Crippen LogP contribution in [0.15, 0.2) is 12.1 Å². The minimum Gasteiger partial charge on any atom is -0.331 e. The Balaban J connectivity index is 2.70. The van der Waals surface area contributed by atoms with Gasteiger partial charge >= 0.3 is 0 Å². The molecule has 15 heavy (non-hydrogen) atoms. The third-order valence-corrected chi connectivity index (χ3v) is 2.82. The molecule has 1 heterocycles. The van der Waals surface area contributed by atoms with Crippen LogP contribution in [-0.2, 0) is 13.5 Å². The highest BCUT2D eigenvalue weighted by atomic mass is 35.5. The van der Waals surface area contributed by atoms with Crippen LogP contribution >= 0.6 is 11.6 Å². The maximum Gasteiger partial charge on any atom is 0.110 e. The third kappa shape index (κ3) is 1.73. The van der Waals surface area contributed by atoms with E-state index >= 15 is 0 Å². The van der Waals surface area contributed by atoms with Gasteiger partial charge in [-0.2, -0.15) is 0 Å². The van der Waals surface area contributed by atoms with Gasteiger partial charge in [0.15, 0.2) is 0 Å². The molecule has 80 valence electrons. The Morgan fingerprint density at radius 2 is 2.20 bits per heavy atom. The Kier molecular flexibility index (Phi) is 2.67. The summed E-state index contributed by atoms with van der Waals surface area (Å²) in [6.45, 7) is 2.64. The first-order valence-electron chi connectivity index (χ1n) is 4.95. The summed E-state index contributed by atoms with van der Waals surface area (Å²) >= 11 is 6.02. The van der Waals surface area contributed by atoms with E-state index in [1.807, 2.05) is 26.1 Å². The molecule has 0 atom stereocenters. The Morgan fingerprint density at radius 1 is 1.47 bits per heavy atom. The van der Waals surface area contributed by atoms with Gasteiger partial charge in [-0.3, -0.25) is 0 Å². The number of aryl methyl sites for hydroxylation is 2. The maximum atomic E-state index is 6.02. The average molecular weight is 224 g/mol. The first-order chi connectivity index (χ1) is 7.13. The first-order valence-corrected chi connectivity index (χ1v) is 5.33. The molecule has 0 saturated heterocycles. The van der Waals surface area contributed by atoms with E-state index in [-0.39, 0.29) is 0 Å². The monoisotopic (exact) mass is 223 g/mol. The Morgan fingerprint density at radius 3 is 2.87 bits per heavy atom. The summed E-state index contributed by atoms with van der Waals surface area (Å²) in [6.07, 6.45) is 0.794. The Bertz CT molecular complexity index is 502. The van der Waals surface area contributed by atoms with Crippen molar-refractivity contribution in [2.24, 2.45) is 12.8 Å². The molecule has 0 unspecified atom stereocenters. The highest BCUT2D eigenvalue weighted by Crippen LogP contribution is 2.23. The standard InChI is InChI=1S/C11H14ClN3/c1-7-5-8(12)6-9-11(7)14-10(3-4-13)15(9)2/h5-6H,3-4,13H2,1-2H3. The second kappa shape index (κ2) is 3.83. The Labute approximate surface area is 93.9 Å². The molecule has 0 radical (unpaired) electrons. The SMILES string of the molecule is Cc1cc(Cl)cc2c1nc(CCN)n2C. The molecule has 0 aliphatic rings. The lowest BCUT2D eigenvalue weighted by atomic mass is 10.2. The molecule has 2 rings (SSSR count). The van der Waals surface area contributed by atoms with Crippen LogP contribution in [-0.4, -0.2) is 16.1 Å². The number of halogens is 1. The summed E-state index contributed by atoms with van der Waals surface area (Å²) in [5.74, 6) is 1.01. The van der Waals surface area contributed by atoms with E-state index in [0.717, 1.165) is 33.9 Å². The number of benzene rings is 1. The molecule has 0 aliphatic heterocycles. The molecule has 2 aromatic rings. The van der Waals surface area contributed by atoms with E-state index in [0.29, 0.717) is 6.54 Å². The van der Waals surface area contributed by atoms with Gasteiger partial charge in [0, 0.05) is 18.5 Å². The second-order valence-corrected chi connectivity index (χ2v) is 4.15. The van der Waals surface area contributed by atoms with Crippen molar-refractivity contribution in [3.63, 3.8) is 0 Å². The number of hydrogen-bond donors (Lipinski definition) is 1. The van der Waals surface area contributed by atoms with Crippen LogP contribution in [0.2, 0.25) is 5.02 Å². The maximum absolute atomic E-state index is 6.02. The summed E-state index contributed by atoms with van der Waals surface area (Å²) < 4.78 is 2.06. The molecule has 0 amide bonds. The van der Waals surface area contributed by atoms with Gasteiger partial charge in [0.25, 0.3) is 0 Å². The predicted octanol–water partition coefficient (Wildman–Crippen LogP) is 2.04. The highest BCUT2D eigenvalue weighted by molar-refractivity contribution is 6.31. The summed E-state index contributed by atoms with van der Waals surface area (Å²) in [7, 11) is 2.00. The number of imidazole rings is 1.